The van der Waals surface area contributed by atoms with Gasteiger partial charge in [-0.3, -0.25) is 9.59 Å². The maximum Gasteiger partial charge on any atom is 0.308 e. The van der Waals surface area contributed by atoms with Crippen molar-refractivity contribution in [1.82, 2.24) is 10.1 Å². The fourth-order valence-electron chi connectivity index (χ4n) is 2.85. The van der Waals surface area contributed by atoms with E-state index in [0.29, 0.717) is 22.4 Å². The van der Waals surface area contributed by atoms with Crippen molar-refractivity contribution in [3.05, 3.63) is 52.0 Å². The molecular weight excluding hydrogens is 526 g/mol. The number of amides is 1. The largest absolute Gasteiger partial charge is 0.490 e. The topological polar surface area (TPSA) is 123 Å². The zero-order chi connectivity index (χ0) is 25.5. The van der Waals surface area contributed by atoms with Gasteiger partial charge in [0.1, 0.15) is 6.04 Å². The zero-order valence-electron chi connectivity index (χ0n) is 19.6. The van der Waals surface area contributed by atoms with E-state index >= 15 is 0 Å². The third-order valence-corrected chi connectivity index (χ3v) is 6.57. The fourth-order valence-corrected chi connectivity index (χ4v) is 4.74. The Morgan fingerprint density at radius 2 is 1.82 bits per heavy atom. The number of ether oxygens (including phenoxy) is 2. The van der Waals surface area contributed by atoms with Crippen LogP contribution in [0.3, 0.4) is 0 Å². The number of rotatable bonds is 10. The average Bonchev–Trinajstić information content (AvgIpc) is 2.74. The van der Waals surface area contributed by atoms with Gasteiger partial charge in [-0.2, -0.15) is 9.82 Å². The van der Waals surface area contributed by atoms with Gasteiger partial charge >= 0.3 is 5.97 Å². The van der Waals surface area contributed by atoms with Crippen molar-refractivity contribution < 1.29 is 27.5 Å². The van der Waals surface area contributed by atoms with Crippen LogP contribution in [0, 0.1) is 12.8 Å². The van der Waals surface area contributed by atoms with Crippen LogP contribution in [0.5, 0.6) is 11.5 Å². The molecule has 0 aromatic heterocycles. The van der Waals surface area contributed by atoms with Gasteiger partial charge in [0.15, 0.2) is 11.5 Å². The smallest absolute Gasteiger partial charge is 0.308 e. The monoisotopic (exact) mass is 553 g/mol. The van der Waals surface area contributed by atoms with E-state index in [2.05, 4.69) is 31.2 Å². The lowest BCUT2D eigenvalue weighted by Crippen LogP contribution is -2.48. The van der Waals surface area contributed by atoms with Crippen LogP contribution in [-0.4, -0.2) is 39.2 Å². The number of nitrogens with one attached hydrogen (secondary N) is 2. The predicted octanol–water partition coefficient (Wildman–Crippen LogP) is 3.53. The van der Waals surface area contributed by atoms with Crippen LogP contribution in [0.15, 0.2) is 50.9 Å². The highest BCUT2D eigenvalue weighted by molar-refractivity contribution is 9.10. The Hall–Kier alpha value is -2.76. The van der Waals surface area contributed by atoms with Gasteiger partial charge in [-0.25, -0.2) is 13.8 Å². The van der Waals surface area contributed by atoms with Crippen LogP contribution in [-0.2, 0) is 19.6 Å². The SMILES string of the molecule is CCOc1cc(/C=N\NC(=O)[C@H](NS(=O)(=O)c2ccc(C)cc2)C(C)C)cc(Br)c1OC(C)=O. The molecule has 11 heteroatoms. The van der Waals surface area contributed by atoms with Gasteiger partial charge in [0.2, 0.25) is 10.0 Å². The Balaban J connectivity index is 2.17. The maximum atomic E-state index is 12.7. The fraction of sp³-hybridized carbons (Fsp3) is 0.348. The molecule has 0 fully saturated rings. The molecule has 2 aromatic carbocycles. The number of nitrogens with zero attached hydrogens (tertiary/aromatic N) is 1. The Labute approximate surface area is 208 Å². The molecule has 1 amide bonds. The molecule has 2 rings (SSSR count). The van der Waals surface area contributed by atoms with Crippen LogP contribution in [0.4, 0.5) is 0 Å². The second-order valence-corrected chi connectivity index (χ2v) is 10.3. The summed E-state index contributed by atoms with van der Waals surface area (Å²) >= 11 is 3.34. The third-order valence-electron chi connectivity index (χ3n) is 4.53. The molecule has 0 saturated carbocycles. The number of halogens is 1. The molecule has 0 heterocycles. The van der Waals surface area contributed by atoms with Gasteiger partial charge in [-0.05, 0) is 65.5 Å². The molecule has 0 radical (unpaired) electrons. The second-order valence-electron chi connectivity index (χ2n) is 7.75. The number of aryl methyl sites for hydroxylation is 1. The summed E-state index contributed by atoms with van der Waals surface area (Å²) in [5.74, 6) is -0.880. The Morgan fingerprint density at radius 3 is 2.38 bits per heavy atom. The summed E-state index contributed by atoms with van der Waals surface area (Å²) in [6.07, 6.45) is 1.37. The number of hydrogen-bond acceptors (Lipinski definition) is 7. The van der Waals surface area contributed by atoms with Crippen LogP contribution in [0.1, 0.15) is 38.8 Å². The van der Waals surface area contributed by atoms with E-state index in [1.165, 1.54) is 25.3 Å². The summed E-state index contributed by atoms with van der Waals surface area (Å²) in [4.78, 5) is 24.1. The molecule has 0 aliphatic rings. The van der Waals surface area contributed by atoms with E-state index < -0.39 is 27.9 Å². The Kier molecular flexibility index (Phi) is 9.77. The van der Waals surface area contributed by atoms with E-state index in [1.807, 2.05) is 6.92 Å². The van der Waals surface area contributed by atoms with Crippen LogP contribution < -0.4 is 19.6 Å². The molecular formula is C23H28BrN3O6S. The number of benzene rings is 2. The number of esters is 1. The quantitative estimate of drug-likeness (QED) is 0.201. The van der Waals surface area contributed by atoms with Crippen molar-refractivity contribution in [3.8, 4) is 11.5 Å². The van der Waals surface area contributed by atoms with E-state index in [-0.39, 0.29) is 16.6 Å². The molecule has 2 N–H and O–H groups in total. The second kappa shape index (κ2) is 12.1. The predicted molar refractivity (Wildman–Crippen MR) is 132 cm³/mol. The van der Waals surface area contributed by atoms with E-state index in [9.17, 15) is 18.0 Å². The number of hydrazone groups is 1. The van der Waals surface area contributed by atoms with Crippen molar-refractivity contribution >= 4 is 44.0 Å². The molecule has 2 aromatic rings. The zero-order valence-corrected chi connectivity index (χ0v) is 22.0. The summed E-state index contributed by atoms with van der Waals surface area (Å²) in [5, 5.41) is 3.95. The van der Waals surface area contributed by atoms with Gasteiger partial charge in [-0.1, -0.05) is 31.5 Å². The first kappa shape index (κ1) is 27.5. The first-order chi connectivity index (χ1) is 15.9. The van der Waals surface area contributed by atoms with Crippen molar-refractivity contribution in [3.63, 3.8) is 0 Å². The van der Waals surface area contributed by atoms with Crippen molar-refractivity contribution in [1.29, 1.82) is 0 Å². The summed E-state index contributed by atoms with van der Waals surface area (Å²) < 4.78 is 39.1. The minimum Gasteiger partial charge on any atom is -0.490 e. The molecule has 0 bridgehead atoms. The molecule has 184 valence electrons. The van der Waals surface area contributed by atoms with E-state index in [0.717, 1.165) is 5.56 Å². The molecule has 34 heavy (non-hydrogen) atoms. The minimum atomic E-state index is -3.90. The van der Waals surface area contributed by atoms with Gasteiger partial charge in [0, 0.05) is 6.92 Å². The summed E-state index contributed by atoms with van der Waals surface area (Å²) in [5.41, 5.74) is 3.85. The number of hydrogen-bond donors (Lipinski definition) is 2. The van der Waals surface area contributed by atoms with Gasteiger partial charge in [0.05, 0.1) is 22.2 Å². The Bertz CT molecular complexity index is 1160. The normalized spacial score (nSPS) is 12.6. The first-order valence-electron chi connectivity index (χ1n) is 10.5. The van der Waals surface area contributed by atoms with Crippen LogP contribution in [0.25, 0.3) is 0 Å². The standard InChI is InChI=1S/C23H28BrN3O6S/c1-6-32-20-12-17(11-19(24)22(20)33-16(5)28)13-25-26-23(29)21(14(2)3)27-34(30,31)18-9-7-15(4)8-10-18/h7-14,21,27H,6H2,1-5H3,(H,26,29)/b25-13-/t21-/m1/s1. The first-order valence-corrected chi connectivity index (χ1v) is 12.8. The highest BCUT2D eigenvalue weighted by atomic mass is 79.9. The lowest BCUT2D eigenvalue weighted by atomic mass is 10.1. The molecule has 1 atom stereocenters. The van der Waals surface area contributed by atoms with Gasteiger partial charge < -0.3 is 9.47 Å². The lowest BCUT2D eigenvalue weighted by Gasteiger charge is -2.20. The number of sulfonamides is 1. The van der Waals surface area contributed by atoms with Crippen molar-refractivity contribution in [2.24, 2.45) is 11.0 Å². The summed E-state index contributed by atoms with van der Waals surface area (Å²) in [7, 11) is -3.90. The molecule has 0 saturated heterocycles. The van der Waals surface area contributed by atoms with E-state index in [4.69, 9.17) is 9.47 Å². The summed E-state index contributed by atoms with van der Waals surface area (Å²) in [6.45, 7) is 8.72. The molecule has 0 aliphatic heterocycles. The molecule has 0 spiro atoms. The minimum absolute atomic E-state index is 0.0706. The highest BCUT2D eigenvalue weighted by Gasteiger charge is 2.28. The molecule has 9 nitrogen and oxygen atoms in total. The van der Waals surface area contributed by atoms with E-state index in [1.54, 1.807) is 45.0 Å². The molecule has 0 unspecified atom stereocenters. The Morgan fingerprint density at radius 1 is 1.18 bits per heavy atom. The lowest BCUT2D eigenvalue weighted by molar-refractivity contribution is -0.132. The van der Waals surface area contributed by atoms with Gasteiger partial charge in [-0.15, -0.1) is 0 Å². The van der Waals surface area contributed by atoms with Crippen LogP contribution in [0.2, 0.25) is 0 Å². The van der Waals surface area contributed by atoms with Crippen molar-refractivity contribution in [2.45, 2.75) is 45.6 Å². The molecule has 0 aliphatic carbocycles. The number of carbonyl (C=O) groups excluding carboxylic acids is 2. The van der Waals surface area contributed by atoms with Gasteiger partial charge in [0.25, 0.3) is 5.91 Å². The highest BCUT2D eigenvalue weighted by Crippen LogP contribution is 2.36. The average molecular weight is 554 g/mol. The van der Waals surface area contributed by atoms with Crippen LogP contribution >= 0.6 is 15.9 Å². The summed E-state index contributed by atoms with van der Waals surface area (Å²) in [6, 6.07) is 8.53. The maximum absolute atomic E-state index is 12.7. The third kappa shape index (κ3) is 7.64. The van der Waals surface area contributed by atoms with Crippen molar-refractivity contribution in [2.75, 3.05) is 6.61 Å². The number of carbonyl (C=O) groups is 2.